The number of ether oxygens (including phenoxy) is 1. The summed E-state index contributed by atoms with van der Waals surface area (Å²) in [4.78, 5) is 12.3. The van der Waals surface area contributed by atoms with Gasteiger partial charge in [-0.05, 0) is 42.6 Å². The highest BCUT2D eigenvalue weighted by Crippen LogP contribution is 2.34. The number of halogens is 1. The van der Waals surface area contributed by atoms with Crippen molar-refractivity contribution in [2.24, 2.45) is 0 Å². The first kappa shape index (κ1) is 16.6. The fourth-order valence-electron chi connectivity index (χ4n) is 3.51. The number of amides is 1. The third-order valence-electron chi connectivity index (χ3n) is 4.75. The Kier molecular flexibility index (Phi) is 4.74. The van der Waals surface area contributed by atoms with Gasteiger partial charge in [0, 0.05) is 17.3 Å². The predicted octanol–water partition coefficient (Wildman–Crippen LogP) is 2.89. The lowest BCUT2D eigenvalue weighted by molar-refractivity contribution is -0.118. The molecule has 1 aromatic carbocycles. The average Bonchev–Trinajstić information content (AvgIpc) is 3.31. The smallest absolute Gasteiger partial charge is 0.227 e. The van der Waals surface area contributed by atoms with Gasteiger partial charge in [0.05, 0.1) is 37.6 Å². The molecule has 2 N–H and O–H groups in total. The zero-order valence-corrected chi connectivity index (χ0v) is 14.6. The summed E-state index contributed by atoms with van der Waals surface area (Å²) in [5.41, 5.74) is 2.82. The second kappa shape index (κ2) is 7.15. The molecule has 7 heteroatoms. The molecule has 0 aliphatic carbocycles. The van der Waals surface area contributed by atoms with E-state index >= 15 is 0 Å². The number of rotatable bonds is 5. The van der Waals surface area contributed by atoms with Gasteiger partial charge in [-0.25, -0.2) is 0 Å². The van der Waals surface area contributed by atoms with Gasteiger partial charge in [0.25, 0.3) is 0 Å². The molecule has 0 saturated carbocycles. The predicted molar refractivity (Wildman–Crippen MR) is 95.5 cm³/mol. The van der Waals surface area contributed by atoms with Crippen LogP contribution in [-0.4, -0.2) is 28.3 Å². The molecule has 0 spiro atoms. The zero-order chi connectivity index (χ0) is 17.2. The Morgan fingerprint density at radius 1 is 1.48 bits per heavy atom. The third-order valence-corrected chi connectivity index (χ3v) is 4.98. The molecule has 25 heavy (non-hydrogen) atoms. The Morgan fingerprint density at radius 3 is 3.24 bits per heavy atom. The molecule has 3 heterocycles. The summed E-state index contributed by atoms with van der Waals surface area (Å²) in [6.45, 7) is 2.40. The lowest BCUT2D eigenvalue weighted by Gasteiger charge is -2.11. The highest BCUT2D eigenvalue weighted by Gasteiger charge is 2.26. The van der Waals surface area contributed by atoms with Gasteiger partial charge in [0.15, 0.2) is 0 Å². The van der Waals surface area contributed by atoms with Crippen molar-refractivity contribution >= 4 is 23.2 Å². The Bertz CT molecular complexity index is 770. The van der Waals surface area contributed by atoms with E-state index in [1.165, 1.54) is 12.8 Å². The van der Waals surface area contributed by atoms with Crippen molar-refractivity contribution in [1.82, 2.24) is 15.1 Å². The second-order valence-electron chi connectivity index (χ2n) is 6.64. The lowest BCUT2D eigenvalue weighted by Crippen LogP contribution is -2.26. The van der Waals surface area contributed by atoms with Gasteiger partial charge in [0.2, 0.25) is 5.91 Å². The van der Waals surface area contributed by atoms with E-state index in [0.29, 0.717) is 17.7 Å². The first-order valence-electron chi connectivity index (χ1n) is 8.63. The van der Waals surface area contributed by atoms with Crippen molar-refractivity contribution in [2.75, 3.05) is 11.9 Å². The largest absolute Gasteiger partial charge is 0.368 e. The highest BCUT2D eigenvalue weighted by atomic mass is 35.5. The summed E-state index contributed by atoms with van der Waals surface area (Å²) in [5.74, 6) is -0.0775. The summed E-state index contributed by atoms with van der Waals surface area (Å²) in [6, 6.07) is 6.14. The monoisotopic (exact) mass is 360 g/mol. The number of hydrogen-bond donors (Lipinski definition) is 2. The summed E-state index contributed by atoms with van der Waals surface area (Å²) in [7, 11) is 0. The van der Waals surface area contributed by atoms with Crippen molar-refractivity contribution in [3.8, 4) is 0 Å². The molecule has 1 saturated heterocycles. The molecule has 132 valence electrons. The summed E-state index contributed by atoms with van der Waals surface area (Å²) < 4.78 is 7.61. The standard InChI is InChI=1S/C18H21ClN4O2/c19-13-3-4-16-12(6-13)11-25-17(16)7-18(24)22-15-8-21-23(10-15)9-14-2-1-5-20-14/h3-4,6,8,10,14,17,20H,1-2,5,7,9,11H2,(H,22,24). The molecule has 1 aromatic heterocycles. The number of nitrogens with zero attached hydrogens (tertiary/aromatic N) is 2. The highest BCUT2D eigenvalue weighted by molar-refractivity contribution is 6.30. The average molecular weight is 361 g/mol. The van der Waals surface area contributed by atoms with E-state index in [1.54, 1.807) is 6.20 Å². The quantitative estimate of drug-likeness (QED) is 0.860. The number of aromatic nitrogens is 2. The molecule has 1 amide bonds. The summed E-state index contributed by atoms with van der Waals surface area (Å²) >= 11 is 6.00. The zero-order valence-electron chi connectivity index (χ0n) is 13.9. The van der Waals surface area contributed by atoms with Crippen LogP contribution in [0.3, 0.4) is 0 Å². The van der Waals surface area contributed by atoms with E-state index in [2.05, 4.69) is 15.7 Å². The van der Waals surface area contributed by atoms with E-state index in [1.807, 2.05) is 29.1 Å². The van der Waals surface area contributed by atoms with Crippen LogP contribution in [0, 0.1) is 0 Å². The maximum absolute atomic E-state index is 12.3. The van der Waals surface area contributed by atoms with E-state index in [-0.39, 0.29) is 18.4 Å². The van der Waals surface area contributed by atoms with Crippen molar-refractivity contribution in [3.63, 3.8) is 0 Å². The van der Waals surface area contributed by atoms with Gasteiger partial charge in [0.1, 0.15) is 0 Å². The SMILES string of the molecule is O=C(CC1OCc2cc(Cl)ccc21)Nc1cnn(CC2CCCN2)c1. The molecule has 4 rings (SSSR count). The molecule has 2 aliphatic rings. The maximum atomic E-state index is 12.3. The number of nitrogens with one attached hydrogen (secondary N) is 2. The fourth-order valence-corrected chi connectivity index (χ4v) is 3.70. The molecular formula is C18H21ClN4O2. The van der Waals surface area contributed by atoms with E-state index < -0.39 is 0 Å². The number of carbonyl (C=O) groups excluding carboxylic acids is 1. The van der Waals surface area contributed by atoms with Crippen LogP contribution in [0.25, 0.3) is 0 Å². The molecule has 0 radical (unpaired) electrons. The fraction of sp³-hybridized carbons (Fsp3) is 0.444. The van der Waals surface area contributed by atoms with E-state index in [4.69, 9.17) is 16.3 Å². The molecule has 6 nitrogen and oxygen atoms in total. The van der Waals surface area contributed by atoms with Crippen LogP contribution < -0.4 is 10.6 Å². The first-order chi connectivity index (χ1) is 12.2. The van der Waals surface area contributed by atoms with Gasteiger partial charge in [-0.3, -0.25) is 9.48 Å². The first-order valence-corrected chi connectivity index (χ1v) is 9.01. The van der Waals surface area contributed by atoms with Gasteiger partial charge in [-0.15, -0.1) is 0 Å². The lowest BCUT2D eigenvalue weighted by atomic mass is 10.0. The van der Waals surface area contributed by atoms with Crippen LogP contribution in [0.5, 0.6) is 0 Å². The number of carbonyl (C=O) groups is 1. The van der Waals surface area contributed by atoms with E-state index in [0.717, 1.165) is 29.9 Å². The minimum atomic E-state index is -0.218. The second-order valence-corrected chi connectivity index (χ2v) is 7.08. The van der Waals surface area contributed by atoms with Crippen LogP contribution in [0.1, 0.15) is 36.5 Å². The van der Waals surface area contributed by atoms with Crippen molar-refractivity contribution in [1.29, 1.82) is 0 Å². The Morgan fingerprint density at radius 2 is 2.40 bits per heavy atom. The maximum Gasteiger partial charge on any atom is 0.227 e. The normalized spacial score (nSPS) is 22.1. The third kappa shape index (κ3) is 3.86. The Balaban J connectivity index is 1.33. The van der Waals surface area contributed by atoms with Crippen LogP contribution in [-0.2, 0) is 22.7 Å². The minimum absolute atomic E-state index is 0.0775. The number of hydrogen-bond acceptors (Lipinski definition) is 4. The van der Waals surface area contributed by atoms with Crippen LogP contribution >= 0.6 is 11.6 Å². The Labute approximate surface area is 151 Å². The number of anilines is 1. The van der Waals surface area contributed by atoms with Crippen molar-refractivity contribution in [2.45, 2.75) is 44.6 Å². The van der Waals surface area contributed by atoms with Gasteiger partial charge in [-0.2, -0.15) is 5.10 Å². The number of fused-ring (bicyclic) bond motifs is 1. The Hall–Kier alpha value is -1.89. The molecule has 2 aromatic rings. The molecule has 1 fully saturated rings. The van der Waals surface area contributed by atoms with Crippen molar-refractivity contribution in [3.05, 3.63) is 46.7 Å². The van der Waals surface area contributed by atoms with Gasteiger partial charge in [-0.1, -0.05) is 17.7 Å². The minimum Gasteiger partial charge on any atom is -0.368 e. The van der Waals surface area contributed by atoms with Crippen LogP contribution in [0.2, 0.25) is 5.02 Å². The molecule has 0 bridgehead atoms. The van der Waals surface area contributed by atoms with Crippen LogP contribution in [0.4, 0.5) is 5.69 Å². The number of benzene rings is 1. The molecule has 2 unspecified atom stereocenters. The molecule has 2 aliphatic heterocycles. The van der Waals surface area contributed by atoms with Gasteiger partial charge < -0.3 is 15.4 Å². The summed E-state index contributed by atoms with van der Waals surface area (Å²) in [6.07, 6.45) is 6.01. The summed E-state index contributed by atoms with van der Waals surface area (Å²) in [5, 5.41) is 11.4. The topological polar surface area (TPSA) is 68.2 Å². The van der Waals surface area contributed by atoms with Crippen molar-refractivity contribution < 1.29 is 9.53 Å². The molecule has 2 atom stereocenters. The van der Waals surface area contributed by atoms with E-state index in [9.17, 15) is 4.79 Å². The van der Waals surface area contributed by atoms with Crippen LogP contribution in [0.15, 0.2) is 30.6 Å². The van der Waals surface area contributed by atoms with Gasteiger partial charge >= 0.3 is 0 Å². The molecular weight excluding hydrogens is 340 g/mol.